The van der Waals surface area contributed by atoms with Crippen molar-refractivity contribution >= 4 is 34.8 Å². The SMILES string of the molecule is CC1CCC(CNc2nc(N)c(Cl)cc2Cl)CC1. The predicted molar refractivity (Wildman–Crippen MR) is 78.3 cm³/mol. The summed E-state index contributed by atoms with van der Waals surface area (Å²) < 4.78 is 0. The van der Waals surface area contributed by atoms with Crippen LogP contribution in [-0.4, -0.2) is 11.5 Å². The van der Waals surface area contributed by atoms with Crippen molar-refractivity contribution in [2.75, 3.05) is 17.6 Å². The third-order valence-corrected chi connectivity index (χ3v) is 4.24. The maximum Gasteiger partial charge on any atom is 0.147 e. The predicted octanol–water partition coefficient (Wildman–Crippen LogP) is 4.21. The van der Waals surface area contributed by atoms with Gasteiger partial charge in [-0.25, -0.2) is 4.98 Å². The van der Waals surface area contributed by atoms with Gasteiger partial charge in [-0.1, -0.05) is 43.0 Å². The van der Waals surface area contributed by atoms with Crippen molar-refractivity contribution in [3.05, 3.63) is 16.1 Å². The van der Waals surface area contributed by atoms with E-state index in [1.54, 1.807) is 6.07 Å². The van der Waals surface area contributed by atoms with Crippen molar-refractivity contribution in [3.8, 4) is 0 Å². The number of hydrogen-bond acceptors (Lipinski definition) is 3. The first-order chi connectivity index (χ1) is 8.56. The second-order valence-electron chi connectivity index (χ2n) is 5.19. The Morgan fingerprint density at radius 1 is 1.28 bits per heavy atom. The smallest absolute Gasteiger partial charge is 0.147 e. The minimum atomic E-state index is 0.320. The van der Waals surface area contributed by atoms with Crippen LogP contribution in [0.3, 0.4) is 0 Å². The van der Waals surface area contributed by atoms with Crippen LogP contribution in [0.4, 0.5) is 11.6 Å². The standard InChI is InChI=1S/C13H19Cl2N3/c1-8-2-4-9(5-3-8)7-17-13-11(15)6-10(14)12(16)18-13/h6,8-9H,2-5,7H2,1H3,(H3,16,17,18). The maximum atomic E-state index is 6.08. The molecule has 1 aromatic heterocycles. The number of hydrogen-bond donors (Lipinski definition) is 2. The van der Waals surface area contributed by atoms with Crippen LogP contribution in [0.1, 0.15) is 32.6 Å². The van der Waals surface area contributed by atoms with Crippen molar-refractivity contribution in [1.82, 2.24) is 4.98 Å². The van der Waals surface area contributed by atoms with Gasteiger partial charge in [0, 0.05) is 6.54 Å². The van der Waals surface area contributed by atoms with E-state index in [0.29, 0.717) is 27.6 Å². The summed E-state index contributed by atoms with van der Waals surface area (Å²) >= 11 is 11.9. The van der Waals surface area contributed by atoms with E-state index >= 15 is 0 Å². The van der Waals surface area contributed by atoms with Crippen LogP contribution in [0.2, 0.25) is 10.0 Å². The molecule has 0 bridgehead atoms. The Hall–Kier alpha value is -0.670. The van der Waals surface area contributed by atoms with Crippen LogP contribution in [0.25, 0.3) is 0 Å². The Morgan fingerprint density at radius 2 is 1.94 bits per heavy atom. The van der Waals surface area contributed by atoms with Gasteiger partial charge in [0.15, 0.2) is 0 Å². The second-order valence-corrected chi connectivity index (χ2v) is 6.01. The van der Waals surface area contributed by atoms with Crippen LogP contribution in [-0.2, 0) is 0 Å². The Labute approximate surface area is 118 Å². The summed E-state index contributed by atoms with van der Waals surface area (Å²) in [5.74, 6) is 2.53. The highest BCUT2D eigenvalue weighted by atomic mass is 35.5. The first-order valence-corrected chi connectivity index (χ1v) is 7.17. The number of pyridine rings is 1. The van der Waals surface area contributed by atoms with Crippen molar-refractivity contribution < 1.29 is 0 Å². The fourth-order valence-electron chi connectivity index (χ4n) is 2.38. The first-order valence-electron chi connectivity index (χ1n) is 6.41. The quantitative estimate of drug-likeness (QED) is 0.876. The number of rotatable bonds is 3. The summed E-state index contributed by atoms with van der Waals surface area (Å²) in [6.45, 7) is 3.22. The molecule has 0 aliphatic heterocycles. The zero-order chi connectivity index (χ0) is 13.1. The molecule has 0 atom stereocenters. The van der Waals surface area contributed by atoms with Crippen LogP contribution < -0.4 is 11.1 Å². The molecule has 1 saturated carbocycles. The molecular weight excluding hydrogens is 269 g/mol. The summed E-state index contributed by atoms with van der Waals surface area (Å²) in [4.78, 5) is 4.17. The minimum absolute atomic E-state index is 0.320. The van der Waals surface area contributed by atoms with Crippen molar-refractivity contribution in [2.24, 2.45) is 11.8 Å². The lowest BCUT2D eigenvalue weighted by Crippen LogP contribution is -2.20. The molecule has 0 saturated heterocycles. The van der Waals surface area contributed by atoms with Crippen molar-refractivity contribution in [3.63, 3.8) is 0 Å². The molecule has 1 heterocycles. The van der Waals surface area contributed by atoms with Crippen LogP contribution in [0.15, 0.2) is 6.07 Å². The summed E-state index contributed by atoms with van der Waals surface area (Å²) in [5.41, 5.74) is 5.67. The highest BCUT2D eigenvalue weighted by Gasteiger charge is 2.18. The normalized spacial score (nSPS) is 23.9. The fraction of sp³-hybridized carbons (Fsp3) is 0.615. The Kier molecular flexibility index (Phi) is 4.57. The van der Waals surface area contributed by atoms with Crippen LogP contribution >= 0.6 is 23.2 Å². The van der Waals surface area contributed by atoms with Crippen molar-refractivity contribution in [2.45, 2.75) is 32.6 Å². The van der Waals surface area contributed by atoms with Gasteiger partial charge in [0.05, 0.1) is 10.0 Å². The molecule has 1 aliphatic carbocycles. The van der Waals surface area contributed by atoms with Crippen LogP contribution in [0, 0.1) is 11.8 Å². The summed E-state index contributed by atoms with van der Waals surface area (Å²) in [7, 11) is 0. The largest absolute Gasteiger partial charge is 0.382 e. The van der Waals surface area contributed by atoms with E-state index in [1.807, 2.05) is 0 Å². The zero-order valence-corrected chi connectivity index (χ0v) is 12.1. The minimum Gasteiger partial charge on any atom is -0.382 e. The van der Waals surface area contributed by atoms with Crippen molar-refractivity contribution in [1.29, 1.82) is 0 Å². The van der Waals surface area contributed by atoms with Gasteiger partial charge >= 0.3 is 0 Å². The van der Waals surface area contributed by atoms with E-state index in [0.717, 1.165) is 12.5 Å². The third kappa shape index (κ3) is 3.42. The number of anilines is 2. The molecule has 2 rings (SSSR count). The topological polar surface area (TPSA) is 50.9 Å². The van der Waals surface area contributed by atoms with Gasteiger partial charge in [0.25, 0.3) is 0 Å². The monoisotopic (exact) mass is 287 g/mol. The van der Waals surface area contributed by atoms with Crippen LogP contribution in [0.5, 0.6) is 0 Å². The highest BCUT2D eigenvalue weighted by molar-refractivity contribution is 6.37. The number of nitrogens with two attached hydrogens (primary N) is 1. The number of nitrogens with one attached hydrogen (secondary N) is 1. The molecule has 1 aliphatic rings. The molecular formula is C13H19Cl2N3. The molecule has 0 radical (unpaired) electrons. The van der Waals surface area contributed by atoms with E-state index in [4.69, 9.17) is 28.9 Å². The summed E-state index contributed by atoms with van der Waals surface area (Å²) in [6, 6.07) is 1.64. The lowest BCUT2D eigenvalue weighted by atomic mass is 9.83. The Balaban J connectivity index is 1.92. The van der Waals surface area contributed by atoms with E-state index < -0.39 is 0 Å². The highest BCUT2D eigenvalue weighted by Crippen LogP contribution is 2.30. The van der Waals surface area contributed by atoms with Gasteiger partial charge in [0.1, 0.15) is 11.6 Å². The van der Waals surface area contributed by atoms with E-state index in [1.165, 1.54) is 25.7 Å². The number of nitrogen functional groups attached to an aromatic ring is 1. The fourth-order valence-corrected chi connectivity index (χ4v) is 2.80. The molecule has 0 amide bonds. The molecule has 3 nitrogen and oxygen atoms in total. The van der Waals surface area contributed by atoms with Gasteiger partial charge in [-0.05, 0) is 30.7 Å². The Bertz CT molecular complexity index is 415. The molecule has 100 valence electrons. The molecule has 3 N–H and O–H groups in total. The van der Waals surface area contributed by atoms with Gasteiger partial charge in [-0.2, -0.15) is 0 Å². The number of aromatic nitrogens is 1. The zero-order valence-electron chi connectivity index (χ0n) is 10.5. The molecule has 0 unspecified atom stereocenters. The molecule has 18 heavy (non-hydrogen) atoms. The molecule has 1 aromatic rings. The third-order valence-electron chi connectivity index (χ3n) is 3.65. The maximum absolute atomic E-state index is 6.08. The lowest BCUT2D eigenvalue weighted by Gasteiger charge is -2.26. The van der Waals surface area contributed by atoms with Gasteiger partial charge < -0.3 is 11.1 Å². The lowest BCUT2D eigenvalue weighted by molar-refractivity contribution is 0.300. The van der Waals surface area contributed by atoms with E-state index in [9.17, 15) is 0 Å². The average molecular weight is 288 g/mol. The first kappa shape index (κ1) is 13.8. The molecule has 1 fully saturated rings. The number of halogens is 2. The number of nitrogens with zero attached hydrogens (tertiary/aromatic N) is 1. The van der Waals surface area contributed by atoms with E-state index in [2.05, 4.69) is 17.2 Å². The average Bonchev–Trinajstić information content (AvgIpc) is 2.34. The van der Waals surface area contributed by atoms with Gasteiger partial charge in [-0.3, -0.25) is 0 Å². The van der Waals surface area contributed by atoms with E-state index in [-0.39, 0.29) is 0 Å². The van der Waals surface area contributed by atoms with Gasteiger partial charge in [0.2, 0.25) is 0 Å². The van der Waals surface area contributed by atoms with Gasteiger partial charge in [-0.15, -0.1) is 0 Å². The summed E-state index contributed by atoms with van der Waals surface area (Å²) in [5, 5.41) is 4.21. The Morgan fingerprint density at radius 3 is 2.61 bits per heavy atom. The molecule has 0 aromatic carbocycles. The molecule has 5 heteroatoms. The molecule has 0 spiro atoms. The summed E-state index contributed by atoms with van der Waals surface area (Å²) in [6.07, 6.45) is 5.18. The second kappa shape index (κ2) is 5.98.